The number of rotatable bonds is 5. The van der Waals surface area contributed by atoms with Crippen LogP contribution in [0.4, 0.5) is 14.5 Å². The molecule has 1 N–H and O–H groups in total. The molecule has 0 aliphatic carbocycles. The number of hydrogen-bond donors (Lipinski definition) is 1. The number of nitrogens with zero attached hydrogens (tertiary/aromatic N) is 2. The summed E-state index contributed by atoms with van der Waals surface area (Å²) in [6.45, 7) is 0. The molecule has 6 nitrogen and oxygen atoms in total. The number of nitrogens with one attached hydrogen (secondary N) is 1. The normalized spacial score (nSPS) is 11.2. The van der Waals surface area contributed by atoms with Gasteiger partial charge in [0.15, 0.2) is 0 Å². The van der Waals surface area contributed by atoms with Gasteiger partial charge in [0, 0.05) is 29.6 Å². The van der Waals surface area contributed by atoms with Crippen molar-refractivity contribution in [1.82, 2.24) is 9.55 Å². The first-order valence-electron chi connectivity index (χ1n) is 7.10. The van der Waals surface area contributed by atoms with Crippen molar-refractivity contribution in [2.24, 2.45) is 0 Å². The molecule has 1 aromatic carbocycles. The van der Waals surface area contributed by atoms with E-state index in [2.05, 4.69) is 26.6 Å². The second-order valence-corrected chi connectivity index (χ2v) is 6.30. The predicted molar refractivity (Wildman–Crippen MR) is 93.5 cm³/mol. The summed E-state index contributed by atoms with van der Waals surface area (Å²) in [5, 5.41) is 3.17. The molecular weight excluding hydrogens is 388 g/mol. The Kier molecular flexibility index (Phi) is 5.01. The maximum atomic E-state index is 12.6. The summed E-state index contributed by atoms with van der Waals surface area (Å²) in [5.41, 5.74) is -1.94. The van der Waals surface area contributed by atoms with Gasteiger partial charge in [0.2, 0.25) is 0 Å². The number of pyridine rings is 1. The summed E-state index contributed by atoms with van der Waals surface area (Å²) < 4.78 is 30.6. The van der Waals surface area contributed by atoms with Crippen LogP contribution in [0.5, 0.6) is 5.75 Å². The van der Waals surface area contributed by atoms with E-state index in [-0.39, 0.29) is 16.9 Å². The van der Waals surface area contributed by atoms with Crippen LogP contribution in [-0.2, 0) is 0 Å². The Morgan fingerprint density at radius 1 is 1.23 bits per heavy atom. The van der Waals surface area contributed by atoms with Crippen LogP contribution in [0.25, 0.3) is 5.00 Å². The lowest BCUT2D eigenvalue weighted by Gasteiger charge is -2.11. The van der Waals surface area contributed by atoms with E-state index < -0.39 is 11.5 Å². The topological polar surface area (TPSA) is 73.2 Å². The first-order valence-corrected chi connectivity index (χ1v) is 8.36. The number of benzene rings is 1. The highest BCUT2D eigenvalue weighted by Gasteiger charge is 2.27. The van der Waals surface area contributed by atoms with Crippen LogP contribution >= 0.6 is 22.9 Å². The SMILES string of the molecule is O=C(Nc1ccc(OC(F)(F)Cl)cc1)c1ccc(=O)n(-c2cncs2)c1. The molecule has 0 saturated carbocycles. The van der Waals surface area contributed by atoms with Crippen molar-refractivity contribution in [3.63, 3.8) is 0 Å². The van der Waals surface area contributed by atoms with E-state index in [1.54, 1.807) is 5.51 Å². The molecule has 0 unspecified atom stereocenters. The number of carbonyl (C=O) groups excluding carboxylic acids is 1. The monoisotopic (exact) mass is 397 g/mol. The van der Waals surface area contributed by atoms with E-state index in [4.69, 9.17) is 0 Å². The lowest BCUT2D eigenvalue weighted by atomic mass is 10.2. The van der Waals surface area contributed by atoms with Crippen LogP contribution in [-0.4, -0.2) is 21.0 Å². The third-order valence-corrected chi connectivity index (χ3v) is 4.02. The fraction of sp³-hybridized carbons (Fsp3) is 0.0625. The molecule has 2 heterocycles. The molecule has 10 heteroatoms. The summed E-state index contributed by atoms with van der Waals surface area (Å²) >= 11 is 5.94. The highest BCUT2D eigenvalue weighted by atomic mass is 35.5. The van der Waals surface area contributed by atoms with Crippen molar-refractivity contribution >= 4 is 34.5 Å². The van der Waals surface area contributed by atoms with Gasteiger partial charge in [-0.3, -0.25) is 19.1 Å². The van der Waals surface area contributed by atoms with Gasteiger partial charge in [0.25, 0.3) is 11.5 Å². The summed E-state index contributed by atoms with van der Waals surface area (Å²) in [5.74, 6) is -0.624. The van der Waals surface area contributed by atoms with Crippen molar-refractivity contribution in [2.75, 3.05) is 5.32 Å². The molecular formula is C16H10ClF2N3O3S. The molecule has 3 rings (SSSR count). The molecule has 0 bridgehead atoms. The number of ether oxygens (including phenoxy) is 1. The maximum absolute atomic E-state index is 12.6. The zero-order valence-corrected chi connectivity index (χ0v) is 14.4. The third kappa shape index (κ3) is 4.44. The highest BCUT2D eigenvalue weighted by Crippen LogP contribution is 2.26. The Morgan fingerprint density at radius 2 is 1.96 bits per heavy atom. The van der Waals surface area contributed by atoms with E-state index in [9.17, 15) is 18.4 Å². The van der Waals surface area contributed by atoms with Gasteiger partial charge in [-0.15, -0.1) is 20.1 Å². The number of hydrogen-bond acceptors (Lipinski definition) is 5. The summed E-state index contributed by atoms with van der Waals surface area (Å²) in [4.78, 5) is 28.2. The second kappa shape index (κ2) is 7.22. The van der Waals surface area contributed by atoms with Crippen LogP contribution in [0.15, 0.2) is 59.1 Å². The van der Waals surface area contributed by atoms with Crippen LogP contribution in [0.3, 0.4) is 0 Å². The van der Waals surface area contributed by atoms with E-state index in [0.717, 1.165) is 0 Å². The molecule has 0 aliphatic heterocycles. The second-order valence-electron chi connectivity index (χ2n) is 4.99. The zero-order valence-electron chi connectivity index (χ0n) is 12.9. The van der Waals surface area contributed by atoms with E-state index in [0.29, 0.717) is 10.7 Å². The fourth-order valence-electron chi connectivity index (χ4n) is 2.06. The molecule has 3 aromatic rings. The largest absolute Gasteiger partial charge is 0.487 e. The summed E-state index contributed by atoms with van der Waals surface area (Å²) in [6, 6.07) is 7.91. The van der Waals surface area contributed by atoms with Gasteiger partial charge in [0.1, 0.15) is 10.8 Å². The van der Waals surface area contributed by atoms with Gasteiger partial charge in [-0.1, -0.05) is 0 Å². The summed E-state index contributed by atoms with van der Waals surface area (Å²) in [6.07, 6.45) is 2.91. The first-order chi connectivity index (χ1) is 12.3. The number of thiazole rings is 1. The highest BCUT2D eigenvalue weighted by molar-refractivity contribution is 7.12. The van der Waals surface area contributed by atoms with Gasteiger partial charge in [-0.05, 0) is 30.3 Å². The van der Waals surface area contributed by atoms with Crippen molar-refractivity contribution in [2.45, 2.75) is 5.57 Å². The van der Waals surface area contributed by atoms with Gasteiger partial charge in [-0.2, -0.15) is 0 Å². The Morgan fingerprint density at radius 3 is 2.58 bits per heavy atom. The van der Waals surface area contributed by atoms with Crippen molar-refractivity contribution in [3.8, 4) is 10.8 Å². The Balaban J connectivity index is 1.76. The number of carbonyl (C=O) groups is 1. The lowest BCUT2D eigenvalue weighted by Crippen LogP contribution is -2.20. The van der Waals surface area contributed by atoms with Gasteiger partial charge >= 0.3 is 5.57 Å². The van der Waals surface area contributed by atoms with Crippen molar-refractivity contribution < 1.29 is 18.3 Å². The first kappa shape index (κ1) is 18.0. The average Bonchev–Trinajstić information content (AvgIpc) is 3.10. The van der Waals surface area contributed by atoms with Crippen LogP contribution in [0.1, 0.15) is 10.4 Å². The minimum Gasteiger partial charge on any atom is -0.420 e. The number of amides is 1. The lowest BCUT2D eigenvalue weighted by molar-refractivity contribution is -0.0964. The zero-order chi connectivity index (χ0) is 18.7. The minimum atomic E-state index is -3.81. The maximum Gasteiger partial charge on any atom is 0.487 e. The van der Waals surface area contributed by atoms with E-state index in [1.807, 2.05) is 0 Å². The van der Waals surface area contributed by atoms with Crippen molar-refractivity contribution in [1.29, 1.82) is 0 Å². The average molecular weight is 398 g/mol. The molecule has 2 aromatic heterocycles. The Hall–Kier alpha value is -2.78. The Bertz CT molecular complexity index is 970. The predicted octanol–water partition coefficient (Wildman–Crippen LogP) is 3.71. The fourth-order valence-corrected chi connectivity index (χ4v) is 2.76. The molecule has 0 aliphatic rings. The smallest absolute Gasteiger partial charge is 0.420 e. The van der Waals surface area contributed by atoms with Crippen LogP contribution in [0.2, 0.25) is 0 Å². The van der Waals surface area contributed by atoms with Gasteiger partial charge < -0.3 is 10.1 Å². The minimum absolute atomic E-state index is 0.151. The quantitative estimate of drug-likeness (QED) is 0.666. The molecule has 0 fully saturated rings. The standard InChI is InChI=1S/C16H10ClF2N3O3S/c17-16(18,19)25-12-4-2-11(3-5-12)21-15(24)10-1-6-13(23)22(8-10)14-7-20-9-26-14/h1-9H,(H,21,24). The molecule has 0 radical (unpaired) electrons. The number of aromatic nitrogens is 2. The molecule has 0 saturated heterocycles. The summed E-state index contributed by atoms with van der Waals surface area (Å²) in [7, 11) is 0. The van der Waals surface area contributed by atoms with Gasteiger partial charge in [0.05, 0.1) is 17.3 Å². The van der Waals surface area contributed by atoms with Crippen LogP contribution in [0, 0.1) is 0 Å². The van der Waals surface area contributed by atoms with Crippen LogP contribution < -0.4 is 15.6 Å². The van der Waals surface area contributed by atoms with Crippen molar-refractivity contribution in [3.05, 3.63) is 70.2 Å². The Labute approximate surface area is 154 Å². The number of alkyl halides is 3. The number of anilines is 1. The molecule has 134 valence electrons. The molecule has 0 atom stereocenters. The van der Waals surface area contributed by atoms with E-state index in [1.165, 1.54) is 64.7 Å². The molecule has 1 amide bonds. The van der Waals surface area contributed by atoms with Gasteiger partial charge in [-0.25, -0.2) is 0 Å². The molecule has 26 heavy (non-hydrogen) atoms. The third-order valence-electron chi connectivity index (χ3n) is 3.18. The number of halogens is 3. The van der Waals surface area contributed by atoms with E-state index >= 15 is 0 Å². The molecule has 0 spiro atoms.